The molecule has 98 valence electrons. The molecule has 0 radical (unpaired) electrons. The van der Waals surface area contributed by atoms with Crippen LogP contribution < -0.4 is 5.32 Å². The molecule has 1 aliphatic carbocycles. The summed E-state index contributed by atoms with van der Waals surface area (Å²) >= 11 is 4.02. The molecular formula is C13H24N2S2. The average molecular weight is 272 g/mol. The van der Waals surface area contributed by atoms with Crippen LogP contribution in [-0.2, 0) is 0 Å². The molecule has 1 N–H and O–H groups in total. The fourth-order valence-electron chi connectivity index (χ4n) is 2.58. The maximum atomic E-state index is 4.98. The molecule has 0 aromatic carbocycles. The van der Waals surface area contributed by atoms with Gasteiger partial charge >= 0.3 is 0 Å². The van der Waals surface area contributed by atoms with Crippen molar-refractivity contribution >= 4 is 28.7 Å². The molecule has 0 spiro atoms. The normalized spacial score (nSPS) is 36.1. The van der Waals surface area contributed by atoms with Crippen molar-refractivity contribution in [3.8, 4) is 0 Å². The average Bonchev–Trinajstić information content (AvgIpc) is 2.78. The lowest BCUT2D eigenvalue weighted by atomic mass is 10.2. The minimum atomic E-state index is 0.575. The molecule has 0 bridgehead atoms. The summed E-state index contributed by atoms with van der Waals surface area (Å²) in [5.74, 6) is 2.47. The van der Waals surface area contributed by atoms with Gasteiger partial charge in [-0.3, -0.25) is 4.99 Å². The molecule has 2 fully saturated rings. The first-order chi connectivity index (χ1) is 8.33. The van der Waals surface area contributed by atoms with E-state index in [2.05, 4.69) is 30.9 Å². The molecule has 4 heteroatoms. The van der Waals surface area contributed by atoms with Gasteiger partial charge in [0, 0.05) is 17.0 Å². The molecule has 3 unspecified atom stereocenters. The Bertz CT molecular complexity index is 268. The van der Waals surface area contributed by atoms with Crippen LogP contribution >= 0.6 is 23.5 Å². The molecule has 2 nitrogen and oxygen atoms in total. The van der Waals surface area contributed by atoms with Crippen LogP contribution in [0.3, 0.4) is 0 Å². The van der Waals surface area contributed by atoms with Crippen molar-refractivity contribution < 1.29 is 0 Å². The zero-order chi connectivity index (χ0) is 12.1. The molecule has 1 aliphatic heterocycles. The van der Waals surface area contributed by atoms with Crippen LogP contribution in [0.5, 0.6) is 0 Å². The lowest BCUT2D eigenvalue weighted by Crippen LogP contribution is -2.38. The molecule has 0 amide bonds. The van der Waals surface area contributed by atoms with E-state index < -0.39 is 0 Å². The second kappa shape index (κ2) is 6.93. The molecule has 2 rings (SSSR count). The van der Waals surface area contributed by atoms with Gasteiger partial charge in [0.25, 0.3) is 0 Å². The summed E-state index contributed by atoms with van der Waals surface area (Å²) in [5.41, 5.74) is 0. The van der Waals surface area contributed by atoms with Crippen molar-refractivity contribution in [1.29, 1.82) is 0 Å². The van der Waals surface area contributed by atoms with E-state index in [9.17, 15) is 0 Å². The highest BCUT2D eigenvalue weighted by molar-refractivity contribution is 8.13. The second-order valence-electron chi connectivity index (χ2n) is 4.81. The van der Waals surface area contributed by atoms with Gasteiger partial charge in [0.15, 0.2) is 5.17 Å². The first kappa shape index (κ1) is 13.6. The minimum absolute atomic E-state index is 0.575. The summed E-state index contributed by atoms with van der Waals surface area (Å²) in [6, 6.07) is 1.24. The molecule has 0 aromatic rings. The van der Waals surface area contributed by atoms with E-state index in [1.54, 1.807) is 0 Å². The van der Waals surface area contributed by atoms with Crippen LogP contribution in [0.2, 0.25) is 0 Å². The van der Waals surface area contributed by atoms with E-state index in [4.69, 9.17) is 4.99 Å². The quantitative estimate of drug-likeness (QED) is 0.847. The van der Waals surface area contributed by atoms with Crippen LogP contribution in [-0.4, -0.2) is 34.0 Å². The lowest BCUT2D eigenvalue weighted by molar-refractivity contribution is 0.567. The van der Waals surface area contributed by atoms with Gasteiger partial charge in [0.2, 0.25) is 0 Å². The summed E-state index contributed by atoms with van der Waals surface area (Å²) in [4.78, 5) is 4.98. The van der Waals surface area contributed by atoms with Gasteiger partial charge in [-0.2, -0.15) is 11.8 Å². The van der Waals surface area contributed by atoms with E-state index in [1.165, 1.54) is 48.8 Å². The topological polar surface area (TPSA) is 24.4 Å². The third-order valence-electron chi connectivity index (χ3n) is 3.61. The Labute approximate surface area is 114 Å². The third kappa shape index (κ3) is 3.82. The van der Waals surface area contributed by atoms with Crippen LogP contribution in [0.15, 0.2) is 4.99 Å². The molecule has 3 atom stereocenters. The number of thioether (sulfide) groups is 2. The molecule has 1 saturated heterocycles. The van der Waals surface area contributed by atoms with Gasteiger partial charge in [-0.25, -0.2) is 0 Å². The van der Waals surface area contributed by atoms with Crippen LogP contribution in [0, 0.1) is 0 Å². The van der Waals surface area contributed by atoms with Crippen molar-refractivity contribution in [2.45, 2.75) is 63.3 Å². The first-order valence-electron chi connectivity index (χ1n) is 6.92. The maximum absolute atomic E-state index is 4.98. The molecule has 0 aromatic heterocycles. The minimum Gasteiger partial charge on any atom is -0.362 e. The Morgan fingerprint density at radius 2 is 2.24 bits per heavy atom. The Morgan fingerprint density at radius 1 is 1.35 bits per heavy atom. The predicted molar refractivity (Wildman–Crippen MR) is 81.3 cm³/mol. The van der Waals surface area contributed by atoms with Crippen molar-refractivity contribution in [3.63, 3.8) is 0 Å². The number of amidine groups is 1. The number of rotatable bonds is 4. The molecule has 17 heavy (non-hydrogen) atoms. The van der Waals surface area contributed by atoms with Crippen molar-refractivity contribution in [2.75, 3.05) is 11.5 Å². The Balaban J connectivity index is 1.92. The zero-order valence-corrected chi connectivity index (χ0v) is 12.6. The van der Waals surface area contributed by atoms with E-state index in [-0.39, 0.29) is 0 Å². The highest BCUT2D eigenvalue weighted by Gasteiger charge is 2.28. The van der Waals surface area contributed by atoms with Gasteiger partial charge in [-0.1, -0.05) is 32.0 Å². The summed E-state index contributed by atoms with van der Waals surface area (Å²) in [6.07, 6.45) is 6.53. The van der Waals surface area contributed by atoms with Gasteiger partial charge in [0.05, 0.1) is 6.04 Å². The SMILES string of the molecule is CCSC1CCCC1N=C1NC(CC)CCS1. The number of nitrogens with one attached hydrogen (secondary N) is 1. The third-order valence-corrected chi connectivity index (χ3v) is 5.85. The summed E-state index contributed by atoms with van der Waals surface area (Å²) in [7, 11) is 0. The fraction of sp³-hybridized carbons (Fsp3) is 0.923. The lowest BCUT2D eigenvalue weighted by Gasteiger charge is -2.26. The molecule has 1 heterocycles. The maximum Gasteiger partial charge on any atom is 0.157 e. The molecule has 2 aliphatic rings. The van der Waals surface area contributed by atoms with Crippen LogP contribution in [0.4, 0.5) is 0 Å². The van der Waals surface area contributed by atoms with Crippen molar-refractivity contribution in [3.05, 3.63) is 0 Å². The number of aliphatic imine (C=N–C) groups is 1. The van der Waals surface area contributed by atoms with Crippen molar-refractivity contribution in [2.24, 2.45) is 4.99 Å². The smallest absolute Gasteiger partial charge is 0.157 e. The number of hydrogen-bond donors (Lipinski definition) is 1. The highest BCUT2D eigenvalue weighted by Crippen LogP contribution is 2.33. The fourth-order valence-corrected chi connectivity index (χ4v) is 4.82. The van der Waals surface area contributed by atoms with Gasteiger partial charge in [0.1, 0.15) is 0 Å². The van der Waals surface area contributed by atoms with Gasteiger partial charge in [-0.15, -0.1) is 0 Å². The standard InChI is InChI=1S/C13H24N2S2/c1-3-10-8-9-17-13(14-10)15-11-6-5-7-12(11)16-4-2/h10-12H,3-9H2,1-2H3,(H,14,15). The summed E-state index contributed by atoms with van der Waals surface area (Å²) < 4.78 is 0. The predicted octanol–water partition coefficient (Wildman–Crippen LogP) is 3.52. The second-order valence-corrected chi connectivity index (χ2v) is 7.41. The summed E-state index contributed by atoms with van der Waals surface area (Å²) in [6.45, 7) is 4.52. The Morgan fingerprint density at radius 3 is 3.00 bits per heavy atom. The van der Waals surface area contributed by atoms with E-state index in [0.29, 0.717) is 12.1 Å². The largest absolute Gasteiger partial charge is 0.362 e. The van der Waals surface area contributed by atoms with Crippen molar-refractivity contribution in [1.82, 2.24) is 5.32 Å². The van der Waals surface area contributed by atoms with E-state index in [1.807, 2.05) is 11.8 Å². The number of hydrogen-bond acceptors (Lipinski definition) is 3. The number of nitrogens with zero attached hydrogens (tertiary/aromatic N) is 1. The Kier molecular flexibility index (Phi) is 5.54. The van der Waals surface area contributed by atoms with Crippen LogP contribution in [0.1, 0.15) is 46.0 Å². The molecule has 1 saturated carbocycles. The van der Waals surface area contributed by atoms with E-state index in [0.717, 1.165) is 5.25 Å². The van der Waals surface area contributed by atoms with Gasteiger partial charge in [-0.05, 0) is 31.4 Å². The van der Waals surface area contributed by atoms with Crippen LogP contribution in [0.25, 0.3) is 0 Å². The van der Waals surface area contributed by atoms with Gasteiger partial charge < -0.3 is 5.32 Å². The molecular weight excluding hydrogens is 248 g/mol. The monoisotopic (exact) mass is 272 g/mol. The summed E-state index contributed by atoms with van der Waals surface area (Å²) in [5, 5.41) is 5.59. The Hall–Kier alpha value is 0.170. The highest BCUT2D eigenvalue weighted by atomic mass is 32.2. The first-order valence-corrected chi connectivity index (χ1v) is 8.95. The zero-order valence-electron chi connectivity index (χ0n) is 10.9. The van der Waals surface area contributed by atoms with E-state index >= 15 is 0 Å².